The van der Waals surface area contributed by atoms with Gasteiger partial charge >= 0.3 is 0 Å². The molecule has 0 aromatic heterocycles. The van der Waals surface area contributed by atoms with E-state index in [2.05, 4.69) is 0 Å². The molecule has 6 heteroatoms. The van der Waals surface area contributed by atoms with Crippen LogP contribution in [-0.4, -0.2) is 34.0 Å². The lowest BCUT2D eigenvalue weighted by Gasteiger charge is -2.18. The fourth-order valence-corrected chi connectivity index (χ4v) is 1.87. The molecule has 0 saturated carbocycles. The van der Waals surface area contributed by atoms with Gasteiger partial charge in [0.1, 0.15) is 21.7 Å². The number of benzene rings is 1. The molecule has 0 aliphatic rings. The maximum atomic E-state index is 13.3. The van der Waals surface area contributed by atoms with Crippen molar-refractivity contribution in [2.45, 2.75) is 0 Å². The zero-order chi connectivity index (χ0) is 13.1. The van der Waals surface area contributed by atoms with E-state index in [9.17, 15) is 12.8 Å². The smallest absolute Gasteiger partial charge is 0.149 e. The van der Waals surface area contributed by atoms with Crippen LogP contribution in [0.15, 0.2) is 18.2 Å². The number of hydrogen-bond donors (Lipinski definition) is 0. The zero-order valence-electron chi connectivity index (χ0n) is 9.64. The summed E-state index contributed by atoms with van der Waals surface area (Å²) in [6.07, 6.45) is 1.15. The highest BCUT2D eigenvalue weighted by molar-refractivity contribution is 7.90. The van der Waals surface area contributed by atoms with Crippen molar-refractivity contribution in [1.82, 2.24) is 0 Å². The molecule has 0 amide bonds. The standard InChI is InChI=1S/C11H13FN2O2S/c1-14(5-6-17(2,15)16)10-4-3-9(8-13)11(12)7-10/h3-4,7H,5-6H2,1-2H3. The van der Waals surface area contributed by atoms with Crippen molar-refractivity contribution in [2.75, 3.05) is 30.5 Å². The van der Waals surface area contributed by atoms with Gasteiger partial charge in [0.05, 0.1) is 11.3 Å². The molecule has 0 N–H and O–H groups in total. The normalized spacial score (nSPS) is 10.9. The largest absolute Gasteiger partial charge is 0.373 e. The monoisotopic (exact) mass is 256 g/mol. The van der Waals surface area contributed by atoms with E-state index in [0.717, 1.165) is 6.26 Å². The summed E-state index contributed by atoms with van der Waals surface area (Å²) < 4.78 is 35.3. The first kappa shape index (κ1) is 13.5. The summed E-state index contributed by atoms with van der Waals surface area (Å²) in [5.41, 5.74) is 0.524. The first-order chi connectivity index (χ1) is 7.83. The lowest BCUT2D eigenvalue weighted by molar-refractivity contribution is 0.601. The summed E-state index contributed by atoms with van der Waals surface area (Å²) in [5.74, 6) is -0.596. The molecule has 0 atom stereocenters. The van der Waals surface area contributed by atoms with E-state index in [-0.39, 0.29) is 17.9 Å². The average Bonchev–Trinajstić information content (AvgIpc) is 2.24. The van der Waals surface area contributed by atoms with Crippen molar-refractivity contribution in [3.63, 3.8) is 0 Å². The van der Waals surface area contributed by atoms with E-state index in [4.69, 9.17) is 5.26 Å². The maximum absolute atomic E-state index is 13.3. The number of nitrogens with zero attached hydrogens (tertiary/aromatic N) is 2. The van der Waals surface area contributed by atoms with Gasteiger partial charge in [-0.05, 0) is 18.2 Å². The minimum absolute atomic E-state index is 0.00508. The Bertz CT molecular complexity index is 549. The van der Waals surface area contributed by atoms with Crippen LogP contribution in [0.3, 0.4) is 0 Å². The van der Waals surface area contributed by atoms with Crippen molar-refractivity contribution < 1.29 is 12.8 Å². The van der Waals surface area contributed by atoms with Crippen LogP contribution in [0.4, 0.5) is 10.1 Å². The number of halogens is 1. The predicted octanol–water partition coefficient (Wildman–Crippen LogP) is 1.18. The second kappa shape index (κ2) is 5.15. The van der Waals surface area contributed by atoms with Crippen molar-refractivity contribution in [2.24, 2.45) is 0 Å². The Hall–Kier alpha value is -1.61. The minimum Gasteiger partial charge on any atom is -0.373 e. The molecule has 0 aliphatic heterocycles. The Kier molecular flexibility index (Phi) is 4.07. The van der Waals surface area contributed by atoms with Gasteiger partial charge in [-0.25, -0.2) is 12.8 Å². The van der Waals surface area contributed by atoms with Crippen LogP contribution in [0.25, 0.3) is 0 Å². The second-order valence-corrected chi connectivity index (χ2v) is 6.09. The third-order valence-corrected chi connectivity index (χ3v) is 3.24. The number of sulfone groups is 1. The lowest BCUT2D eigenvalue weighted by Crippen LogP contribution is -2.24. The Morgan fingerprint density at radius 3 is 2.59 bits per heavy atom. The summed E-state index contributed by atoms with van der Waals surface area (Å²) in [4.78, 5) is 1.63. The van der Waals surface area contributed by atoms with Crippen molar-refractivity contribution >= 4 is 15.5 Å². The summed E-state index contributed by atoms with van der Waals surface area (Å²) >= 11 is 0. The van der Waals surface area contributed by atoms with Crippen LogP contribution in [0.1, 0.15) is 5.56 Å². The molecule has 1 rings (SSSR count). The Labute approximate surface area is 100 Å². The molecule has 1 aromatic rings. The summed E-state index contributed by atoms with van der Waals surface area (Å²) in [6.45, 7) is 0.282. The van der Waals surface area contributed by atoms with Crippen molar-refractivity contribution in [3.8, 4) is 6.07 Å². The Morgan fingerprint density at radius 2 is 2.12 bits per heavy atom. The van der Waals surface area contributed by atoms with Crippen LogP contribution in [0, 0.1) is 17.1 Å². The summed E-state index contributed by atoms with van der Waals surface area (Å²) in [7, 11) is -1.37. The molecule has 0 spiro atoms. The number of hydrogen-bond acceptors (Lipinski definition) is 4. The molecule has 0 heterocycles. The van der Waals surface area contributed by atoms with Gasteiger partial charge in [-0.2, -0.15) is 5.26 Å². The van der Waals surface area contributed by atoms with Gasteiger partial charge in [0.15, 0.2) is 0 Å². The van der Waals surface area contributed by atoms with Gasteiger partial charge in [-0.15, -0.1) is 0 Å². The van der Waals surface area contributed by atoms with Crippen LogP contribution < -0.4 is 4.90 Å². The Balaban J connectivity index is 2.80. The van der Waals surface area contributed by atoms with Gasteiger partial charge in [0.2, 0.25) is 0 Å². The molecule has 17 heavy (non-hydrogen) atoms. The van der Waals surface area contributed by atoms with Gasteiger partial charge in [-0.3, -0.25) is 0 Å². The van der Waals surface area contributed by atoms with E-state index >= 15 is 0 Å². The molecular weight excluding hydrogens is 243 g/mol. The van der Waals surface area contributed by atoms with Gasteiger partial charge in [-0.1, -0.05) is 0 Å². The average molecular weight is 256 g/mol. The van der Waals surface area contributed by atoms with Crippen LogP contribution in [-0.2, 0) is 9.84 Å². The van der Waals surface area contributed by atoms with E-state index in [1.807, 2.05) is 0 Å². The van der Waals surface area contributed by atoms with Gasteiger partial charge < -0.3 is 4.90 Å². The molecule has 0 fully saturated rings. The number of nitriles is 1. The SMILES string of the molecule is CN(CCS(C)(=O)=O)c1ccc(C#N)c(F)c1. The number of rotatable bonds is 4. The summed E-state index contributed by atoms with van der Waals surface area (Å²) in [5, 5.41) is 8.58. The zero-order valence-corrected chi connectivity index (χ0v) is 10.5. The Morgan fingerprint density at radius 1 is 1.47 bits per heavy atom. The molecule has 0 unspecified atom stereocenters. The van der Waals surface area contributed by atoms with Crippen molar-refractivity contribution in [3.05, 3.63) is 29.6 Å². The lowest BCUT2D eigenvalue weighted by atomic mass is 10.2. The fraction of sp³-hybridized carbons (Fsp3) is 0.364. The molecule has 0 bridgehead atoms. The molecule has 0 saturated heterocycles. The molecule has 1 aromatic carbocycles. The predicted molar refractivity (Wildman–Crippen MR) is 64.1 cm³/mol. The quantitative estimate of drug-likeness (QED) is 0.811. The third-order valence-electron chi connectivity index (χ3n) is 2.31. The van der Waals surface area contributed by atoms with Crippen LogP contribution in [0.5, 0.6) is 0 Å². The third kappa shape index (κ3) is 4.04. The molecule has 0 aliphatic carbocycles. The molecule has 92 valence electrons. The van der Waals surface area contributed by atoms with Crippen molar-refractivity contribution in [1.29, 1.82) is 5.26 Å². The van der Waals surface area contributed by atoms with E-state index in [1.54, 1.807) is 24.1 Å². The van der Waals surface area contributed by atoms with E-state index in [0.29, 0.717) is 5.69 Å². The van der Waals surface area contributed by atoms with Crippen LogP contribution in [0.2, 0.25) is 0 Å². The van der Waals surface area contributed by atoms with Gasteiger partial charge in [0, 0.05) is 25.5 Å². The molecule has 4 nitrogen and oxygen atoms in total. The van der Waals surface area contributed by atoms with E-state index < -0.39 is 15.7 Å². The molecular formula is C11H13FN2O2S. The number of anilines is 1. The first-order valence-electron chi connectivity index (χ1n) is 4.92. The highest BCUT2D eigenvalue weighted by atomic mass is 32.2. The topological polar surface area (TPSA) is 61.2 Å². The minimum atomic E-state index is -3.04. The van der Waals surface area contributed by atoms with Crippen LogP contribution >= 0.6 is 0 Å². The van der Waals surface area contributed by atoms with E-state index in [1.165, 1.54) is 12.1 Å². The van der Waals surface area contributed by atoms with Gasteiger partial charge in [0.25, 0.3) is 0 Å². The second-order valence-electron chi connectivity index (χ2n) is 3.83. The maximum Gasteiger partial charge on any atom is 0.149 e. The fourth-order valence-electron chi connectivity index (χ4n) is 1.26. The molecule has 0 radical (unpaired) electrons. The highest BCUT2D eigenvalue weighted by Gasteiger charge is 2.09. The first-order valence-corrected chi connectivity index (χ1v) is 6.98. The highest BCUT2D eigenvalue weighted by Crippen LogP contribution is 2.17. The summed E-state index contributed by atoms with van der Waals surface area (Å²) in [6, 6.07) is 5.92.